The summed E-state index contributed by atoms with van der Waals surface area (Å²) < 4.78 is 5.75. The van der Waals surface area contributed by atoms with Crippen molar-refractivity contribution >= 4 is 33.7 Å². The second kappa shape index (κ2) is 7.53. The van der Waals surface area contributed by atoms with Crippen LogP contribution in [0.5, 0.6) is 0 Å². The van der Waals surface area contributed by atoms with Gasteiger partial charge >= 0.3 is 0 Å². The maximum Gasteiger partial charge on any atom is 0.231 e. The second-order valence-electron chi connectivity index (χ2n) is 5.90. The van der Waals surface area contributed by atoms with Gasteiger partial charge in [0.15, 0.2) is 5.13 Å². The Balaban J connectivity index is 1.52. The monoisotopic (exact) mass is 351 g/mol. The number of aromatic nitrogens is 1. The topological polar surface area (TPSA) is 54.5 Å². The van der Waals surface area contributed by atoms with Crippen LogP contribution >= 0.6 is 22.7 Å². The van der Waals surface area contributed by atoms with Gasteiger partial charge < -0.3 is 10.1 Å². The predicted octanol–water partition coefficient (Wildman–Crippen LogP) is 3.00. The van der Waals surface area contributed by atoms with Gasteiger partial charge in [0.2, 0.25) is 5.91 Å². The van der Waals surface area contributed by atoms with E-state index in [0.717, 1.165) is 30.2 Å². The van der Waals surface area contributed by atoms with E-state index in [1.165, 1.54) is 11.3 Å². The number of amides is 1. The van der Waals surface area contributed by atoms with Crippen LogP contribution in [0.1, 0.15) is 24.4 Å². The minimum absolute atomic E-state index is 0.0121. The van der Waals surface area contributed by atoms with Crippen molar-refractivity contribution in [3.05, 3.63) is 33.5 Å². The molecule has 1 aliphatic rings. The first-order chi connectivity index (χ1) is 11.1. The zero-order chi connectivity index (χ0) is 16.2. The van der Waals surface area contributed by atoms with Gasteiger partial charge in [-0.05, 0) is 25.3 Å². The number of ether oxygens (including phenoxy) is 1. The van der Waals surface area contributed by atoms with Crippen LogP contribution in [-0.2, 0) is 22.5 Å². The molecule has 2 atom stereocenters. The number of nitrogens with one attached hydrogen (secondary N) is 1. The summed E-state index contributed by atoms with van der Waals surface area (Å²) in [5.41, 5.74) is 1.00. The average molecular weight is 351 g/mol. The Bertz CT molecular complexity index is 632. The summed E-state index contributed by atoms with van der Waals surface area (Å²) in [6.45, 7) is 6.83. The molecule has 3 rings (SSSR count). The molecule has 2 unspecified atom stereocenters. The highest BCUT2D eigenvalue weighted by atomic mass is 32.1. The van der Waals surface area contributed by atoms with Crippen molar-refractivity contribution in [3.8, 4) is 0 Å². The van der Waals surface area contributed by atoms with Gasteiger partial charge in [0, 0.05) is 29.9 Å². The summed E-state index contributed by atoms with van der Waals surface area (Å²) >= 11 is 3.08. The molecule has 2 aromatic heterocycles. The maximum atomic E-state index is 12.0. The minimum Gasteiger partial charge on any atom is -0.373 e. The van der Waals surface area contributed by atoms with Gasteiger partial charge in [-0.3, -0.25) is 9.69 Å². The normalized spacial score (nSPS) is 22.2. The van der Waals surface area contributed by atoms with Gasteiger partial charge in [0.1, 0.15) is 0 Å². The van der Waals surface area contributed by atoms with Crippen molar-refractivity contribution in [1.29, 1.82) is 0 Å². The van der Waals surface area contributed by atoms with Crippen molar-refractivity contribution in [1.82, 2.24) is 9.88 Å². The molecule has 2 aromatic rings. The number of rotatable bonds is 5. The Morgan fingerprint density at radius 3 is 2.87 bits per heavy atom. The molecule has 1 amide bonds. The molecule has 0 aromatic carbocycles. The van der Waals surface area contributed by atoms with Crippen molar-refractivity contribution in [2.75, 3.05) is 18.4 Å². The van der Waals surface area contributed by atoms with Gasteiger partial charge in [-0.1, -0.05) is 6.07 Å². The zero-order valence-electron chi connectivity index (χ0n) is 13.3. The molecule has 0 spiro atoms. The summed E-state index contributed by atoms with van der Waals surface area (Å²) in [4.78, 5) is 19.9. The van der Waals surface area contributed by atoms with Gasteiger partial charge in [-0.25, -0.2) is 4.98 Å². The highest BCUT2D eigenvalue weighted by Gasteiger charge is 2.22. The van der Waals surface area contributed by atoms with Gasteiger partial charge in [-0.15, -0.1) is 22.7 Å². The molecular formula is C16H21N3O2S2. The Hall–Kier alpha value is -1.28. The van der Waals surface area contributed by atoms with E-state index < -0.39 is 0 Å². The zero-order valence-corrected chi connectivity index (χ0v) is 15.0. The van der Waals surface area contributed by atoms with Gasteiger partial charge in [-0.2, -0.15) is 0 Å². The summed E-state index contributed by atoms with van der Waals surface area (Å²) in [6.07, 6.45) is 0.912. The SMILES string of the molecule is CC1CN(Cc2csc(NC(=O)Cc3cccs3)n2)CC(C)O1. The molecule has 1 N–H and O–H groups in total. The molecular weight excluding hydrogens is 330 g/mol. The fourth-order valence-corrected chi connectivity index (χ4v) is 4.24. The van der Waals surface area contributed by atoms with E-state index >= 15 is 0 Å². The molecule has 5 nitrogen and oxygen atoms in total. The van der Waals surface area contributed by atoms with E-state index in [4.69, 9.17) is 4.74 Å². The average Bonchev–Trinajstić information content (AvgIpc) is 3.10. The highest BCUT2D eigenvalue weighted by Crippen LogP contribution is 2.20. The molecule has 1 saturated heterocycles. The van der Waals surface area contributed by atoms with Crippen molar-refractivity contribution in [3.63, 3.8) is 0 Å². The summed E-state index contributed by atoms with van der Waals surface area (Å²) in [5, 5.41) is 7.56. The van der Waals surface area contributed by atoms with E-state index in [0.29, 0.717) is 11.6 Å². The molecule has 3 heterocycles. The number of morpholine rings is 1. The first-order valence-corrected chi connectivity index (χ1v) is 9.49. The molecule has 0 aliphatic carbocycles. The molecule has 23 heavy (non-hydrogen) atoms. The van der Waals surface area contributed by atoms with Crippen LogP contribution in [0.25, 0.3) is 0 Å². The molecule has 7 heteroatoms. The number of anilines is 1. The summed E-state index contributed by atoms with van der Waals surface area (Å²) in [6, 6.07) is 3.93. The van der Waals surface area contributed by atoms with E-state index in [-0.39, 0.29) is 18.1 Å². The van der Waals surface area contributed by atoms with Crippen LogP contribution < -0.4 is 5.32 Å². The number of thiazole rings is 1. The standard InChI is InChI=1S/C16H21N3O2S2/c1-11-7-19(8-12(2)21-11)9-13-10-23-16(17-13)18-15(20)6-14-4-3-5-22-14/h3-5,10-12H,6-9H2,1-2H3,(H,17,18,20). The number of hydrogen-bond donors (Lipinski definition) is 1. The van der Waals surface area contributed by atoms with Crippen LogP contribution in [-0.4, -0.2) is 41.1 Å². The van der Waals surface area contributed by atoms with Crippen LogP contribution in [0.2, 0.25) is 0 Å². The number of carbonyl (C=O) groups excluding carboxylic acids is 1. The maximum absolute atomic E-state index is 12.0. The first kappa shape index (κ1) is 16.6. The summed E-state index contributed by atoms with van der Waals surface area (Å²) in [7, 11) is 0. The lowest BCUT2D eigenvalue weighted by molar-refractivity contribution is -0.115. The van der Waals surface area contributed by atoms with Crippen LogP contribution in [0.3, 0.4) is 0 Å². The third-order valence-electron chi connectivity index (χ3n) is 3.59. The van der Waals surface area contributed by atoms with E-state index in [2.05, 4.69) is 29.0 Å². The quantitative estimate of drug-likeness (QED) is 0.900. The third kappa shape index (κ3) is 4.84. The lowest BCUT2D eigenvalue weighted by atomic mass is 10.2. The molecule has 0 saturated carbocycles. The molecule has 0 bridgehead atoms. The largest absolute Gasteiger partial charge is 0.373 e. The second-order valence-corrected chi connectivity index (χ2v) is 7.79. The van der Waals surface area contributed by atoms with Crippen LogP contribution in [0, 0.1) is 0 Å². The van der Waals surface area contributed by atoms with Crippen molar-refractivity contribution < 1.29 is 9.53 Å². The Labute approximate surface area is 144 Å². The van der Waals surface area contributed by atoms with Crippen molar-refractivity contribution in [2.24, 2.45) is 0 Å². The Morgan fingerprint density at radius 1 is 1.39 bits per heavy atom. The van der Waals surface area contributed by atoms with Gasteiger partial charge in [0.25, 0.3) is 0 Å². The lowest BCUT2D eigenvalue weighted by Gasteiger charge is -2.34. The van der Waals surface area contributed by atoms with Crippen LogP contribution in [0.15, 0.2) is 22.9 Å². The lowest BCUT2D eigenvalue weighted by Crippen LogP contribution is -2.44. The molecule has 124 valence electrons. The molecule has 1 aliphatic heterocycles. The highest BCUT2D eigenvalue weighted by molar-refractivity contribution is 7.14. The number of carbonyl (C=O) groups is 1. The smallest absolute Gasteiger partial charge is 0.231 e. The molecule has 1 fully saturated rings. The van der Waals surface area contributed by atoms with E-state index in [9.17, 15) is 4.79 Å². The number of thiophene rings is 1. The predicted molar refractivity (Wildman–Crippen MR) is 94.1 cm³/mol. The van der Waals surface area contributed by atoms with Crippen LogP contribution in [0.4, 0.5) is 5.13 Å². The van der Waals surface area contributed by atoms with E-state index in [1.807, 2.05) is 22.9 Å². The third-order valence-corrected chi connectivity index (χ3v) is 5.28. The minimum atomic E-state index is -0.0121. The first-order valence-electron chi connectivity index (χ1n) is 7.73. The van der Waals surface area contributed by atoms with Gasteiger partial charge in [0.05, 0.1) is 24.3 Å². The number of nitrogens with zero attached hydrogens (tertiary/aromatic N) is 2. The van der Waals surface area contributed by atoms with E-state index in [1.54, 1.807) is 11.3 Å². The Kier molecular flexibility index (Phi) is 5.42. The summed E-state index contributed by atoms with van der Waals surface area (Å²) in [5.74, 6) is -0.0121. The number of hydrogen-bond acceptors (Lipinski definition) is 6. The fraction of sp³-hybridized carbons (Fsp3) is 0.500. The fourth-order valence-electron chi connectivity index (χ4n) is 2.81. The van der Waals surface area contributed by atoms with Crippen molar-refractivity contribution in [2.45, 2.75) is 39.0 Å². The molecule has 0 radical (unpaired) electrons. The Morgan fingerprint density at radius 2 is 2.17 bits per heavy atom.